The summed E-state index contributed by atoms with van der Waals surface area (Å²) in [5, 5.41) is 3.76. The Labute approximate surface area is 209 Å². The van der Waals surface area contributed by atoms with E-state index >= 15 is 0 Å². The number of imidazole rings is 1. The summed E-state index contributed by atoms with van der Waals surface area (Å²) in [6.07, 6.45) is 4.88. The van der Waals surface area contributed by atoms with E-state index in [0.717, 1.165) is 17.1 Å². The summed E-state index contributed by atoms with van der Waals surface area (Å²) in [6.45, 7) is 2.81. The number of piperidine rings is 1. The van der Waals surface area contributed by atoms with Crippen LogP contribution in [-0.4, -0.2) is 41.3 Å². The number of aryl methyl sites for hydroxylation is 1. The molecule has 0 bridgehead atoms. The molecule has 2 aromatic carbocycles. The maximum absolute atomic E-state index is 13.0. The lowest BCUT2D eigenvalue weighted by atomic mass is 9.98. The van der Waals surface area contributed by atoms with Crippen LogP contribution in [0.1, 0.15) is 29.8 Å². The summed E-state index contributed by atoms with van der Waals surface area (Å²) in [5.41, 5.74) is 2.39. The van der Waals surface area contributed by atoms with Crippen LogP contribution in [0.2, 0.25) is 10.0 Å². The molecule has 1 N–H and O–H groups in total. The molecular formula is C24H26Cl2N4O3S. The molecule has 0 aliphatic carbocycles. The number of halogens is 2. The Morgan fingerprint density at radius 3 is 2.71 bits per heavy atom. The van der Waals surface area contributed by atoms with E-state index in [-0.39, 0.29) is 18.2 Å². The molecule has 180 valence electrons. The van der Waals surface area contributed by atoms with E-state index in [2.05, 4.69) is 10.3 Å². The van der Waals surface area contributed by atoms with Crippen molar-refractivity contribution in [3.8, 4) is 5.69 Å². The first-order chi connectivity index (χ1) is 16.2. The zero-order valence-corrected chi connectivity index (χ0v) is 21.1. The number of nitrogens with zero attached hydrogens (tertiary/aromatic N) is 3. The van der Waals surface area contributed by atoms with Crippen molar-refractivity contribution < 1.29 is 13.2 Å². The first-order valence-electron chi connectivity index (χ1n) is 11.0. The number of aromatic nitrogens is 2. The fourth-order valence-electron chi connectivity index (χ4n) is 4.19. The molecule has 34 heavy (non-hydrogen) atoms. The Morgan fingerprint density at radius 1 is 1.18 bits per heavy atom. The van der Waals surface area contributed by atoms with E-state index in [9.17, 15) is 13.2 Å². The van der Waals surface area contributed by atoms with Gasteiger partial charge in [-0.25, -0.2) is 17.7 Å². The van der Waals surface area contributed by atoms with Gasteiger partial charge in [-0.3, -0.25) is 4.79 Å². The molecule has 1 amide bonds. The molecule has 7 nitrogen and oxygen atoms in total. The van der Waals surface area contributed by atoms with Gasteiger partial charge in [-0.05, 0) is 49.1 Å². The quantitative estimate of drug-likeness (QED) is 0.501. The van der Waals surface area contributed by atoms with Gasteiger partial charge in [0, 0.05) is 42.1 Å². The highest BCUT2D eigenvalue weighted by molar-refractivity contribution is 7.88. The SMILES string of the molecule is Cc1nccn1-c1ccccc1CNC(=O)[C@H]1CCCN(S(=O)(=O)Cc2ccc(Cl)cc2Cl)C1. The van der Waals surface area contributed by atoms with Crippen molar-refractivity contribution >= 4 is 39.1 Å². The molecule has 0 spiro atoms. The van der Waals surface area contributed by atoms with E-state index in [4.69, 9.17) is 23.2 Å². The Morgan fingerprint density at radius 2 is 1.97 bits per heavy atom. The van der Waals surface area contributed by atoms with Gasteiger partial charge >= 0.3 is 0 Å². The fraction of sp³-hybridized carbons (Fsp3) is 0.333. The third kappa shape index (κ3) is 5.63. The van der Waals surface area contributed by atoms with Gasteiger partial charge in [-0.1, -0.05) is 47.5 Å². The number of sulfonamides is 1. The zero-order valence-electron chi connectivity index (χ0n) is 18.7. The topological polar surface area (TPSA) is 84.3 Å². The van der Waals surface area contributed by atoms with Crippen molar-refractivity contribution in [1.29, 1.82) is 0 Å². The second-order valence-corrected chi connectivity index (χ2v) is 11.2. The van der Waals surface area contributed by atoms with Crippen LogP contribution in [0, 0.1) is 12.8 Å². The second-order valence-electron chi connectivity index (χ2n) is 8.38. The number of benzene rings is 2. The molecule has 0 saturated carbocycles. The van der Waals surface area contributed by atoms with E-state index in [1.807, 2.05) is 42.0 Å². The average Bonchev–Trinajstić information content (AvgIpc) is 3.25. The number of carbonyl (C=O) groups is 1. The average molecular weight is 521 g/mol. The van der Waals surface area contributed by atoms with Crippen LogP contribution in [0.4, 0.5) is 0 Å². The van der Waals surface area contributed by atoms with Crippen LogP contribution < -0.4 is 5.32 Å². The first kappa shape index (κ1) is 24.7. The molecule has 0 unspecified atom stereocenters. The Balaban J connectivity index is 1.41. The molecule has 1 aliphatic rings. The maximum Gasteiger partial charge on any atom is 0.224 e. The smallest absolute Gasteiger partial charge is 0.224 e. The predicted octanol–water partition coefficient (Wildman–Crippen LogP) is 4.35. The number of para-hydroxylation sites is 1. The van der Waals surface area contributed by atoms with Crippen molar-refractivity contribution in [2.75, 3.05) is 13.1 Å². The molecule has 1 saturated heterocycles. The second kappa shape index (κ2) is 10.5. The van der Waals surface area contributed by atoms with Crippen molar-refractivity contribution in [3.63, 3.8) is 0 Å². The highest BCUT2D eigenvalue weighted by Gasteiger charge is 2.32. The van der Waals surface area contributed by atoms with E-state index in [1.54, 1.807) is 18.3 Å². The van der Waals surface area contributed by atoms with E-state index < -0.39 is 15.9 Å². The lowest BCUT2D eigenvalue weighted by Gasteiger charge is -2.31. The van der Waals surface area contributed by atoms with Crippen LogP contribution in [0.3, 0.4) is 0 Å². The molecule has 1 atom stereocenters. The predicted molar refractivity (Wildman–Crippen MR) is 134 cm³/mol. The normalized spacial score (nSPS) is 17.0. The number of amides is 1. The van der Waals surface area contributed by atoms with Crippen LogP contribution >= 0.6 is 23.2 Å². The summed E-state index contributed by atoms with van der Waals surface area (Å²) in [4.78, 5) is 17.2. The number of hydrogen-bond donors (Lipinski definition) is 1. The minimum absolute atomic E-state index is 0.151. The summed E-state index contributed by atoms with van der Waals surface area (Å²) in [5.74, 6) is 0.0650. The van der Waals surface area contributed by atoms with Crippen molar-refractivity contribution in [2.24, 2.45) is 5.92 Å². The van der Waals surface area contributed by atoms with Gasteiger partial charge in [-0.2, -0.15) is 0 Å². The Kier molecular flexibility index (Phi) is 7.62. The zero-order chi connectivity index (χ0) is 24.3. The van der Waals surface area contributed by atoms with Gasteiger partial charge in [-0.15, -0.1) is 0 Å². The molecule has 2 heterocycles. The van der Waals surface area contributed by atoms with Crippen molar-refractivity contribution in [3.05, 3.63) is 81.9 Å². The van der Waals surface area contributed by atoms with Crippen LogP contribution in [0.25, 0.3) is 5.69 Å². The molecule has 4 rings (SSSR count). The molecule has 0 radical (unpaired) electrons. The Bertz CT molecular complexity index is 1290. The molecule has 1 fully saturated rings. The molecule has 3 aromatic rings. The van der Waals surface area contributed by atoms with Gasteiger partial charge in [0.2, 0.25) is 15.9 Å². The number of hydrogen-bond acceptors (Lipinski definition) is 4. The van der Waals surface area contributed by atoms with Gasteiger partial charge in [0.1, 0.15) is 5.82 Å². The number of nitrogens with one attached hydrogen (secondary N) is 1. The summed E-state index contributed by atoms with van der Waals surface area (Å²) >= 11 is 12.1. The van der Waals surface area contributed by atoms with Crippen LogP contribution in [0.15, 0.2) is 54.9 Å². The third-order valence-corrected chi connectivity index (χ3v) is 8.41. The lowest BCUT2D eigenvalue weighted by molar-refractivity contribution is -0.126. The maximum atomic E-state index is 13.0. The highest BCUT2D eigenvalue weighted by Crippen LogP contribution is 2.26. The van der Waals surface area contributed by atoms with Gasteiger partial charge in [0.25, 0.3) is 0 Å². The lowest BCUT2D eigenvalue weighted by Crippen LogP contribution is -2.45. The summed E-state index contributed by atoms with van der Waals surface area (Å²) in [7, 11) is -3.63. The Hall–Kier alpha value is -2.39. The summed E-state index contributed by atoms with van der Waals surface area (Å²) < 4.78 is 29.5. The molecule has 1 aliphatic heterocycles. The largest absolute Gasteiger partial charge is 0.352 e. The fourth-order valence-corrected chi connectivity index (χ4v) is 6.39. The first-order valence-corrected chi connectivity index (χ1v) is 13.4. The highest BCUT2D eigenvalue weighted by atomic mass is 35.5. The van der Waals surface area contributed by atoms with E-state index in [1.165, 1.54) is 10.4 Å². The molecular weight excluding hydrogens is 495 g/mol. The molecule has 10 heteroatoms. The number of rotatable bonds is 7. The van der Waals surface area contributed by atoms with Crippen LogP contribution in [0.5, 0.6) is 0 Å². The monoisotopic (exact) mass is 520 g/mol. The summed E-state index contributed by atoms with van der Waals surface area (Å²) in [6, 6.07) is 12.6. The van der Waals surface area contributed by atoms with Gasteiger partial charge < -0.3 is 9.88 Å². The van der Waals surface area contributed by atoms with Crippen LogP contribution in [-0.2, 0) is 27.1 Å². The van der Waals surface area contributed by atoms with Gasteiger partial charge in [0.15, 0.2) is 0 Å². The van der Waals surface area contributed by atoms with Crippen molar-refractivity contribution in [1.82, 2.24) is 19.2 Å². The van der Waals surface area contributed by atoms with Gasteiger partial charge in [0.05, 0.1) is 17.4 Å². The number of carbonyl (C=O) groups excluding carboxylic acids is 1. The molecule has 1 aromatic heterocycles. The van der Waals surface area contributed by atoms with Crippen molar-refractivity contribution in [2.45, 2.75) is 32.1 Å². The van der Waals surface area contributed by atoms with E-state index in [0.29, 0.717) is 41.5 Å². The third-order valence-electron chi connectivity index (χ3n) is 6.03. The minimum atomic E-state index is -3.63. The minimum Gasteiger partial charge on any atom is -0.352 e. The standard InChI is InChI=1S/C24H26Cl2N4O3S/c1-17-27-10-12-30(17)23-7-3-2-5-18(23)14-28-24(31)19-6-4-11-29(15-19)34(32,33)16-20-8-9-21(25)13-22(20)26/h2-3,5,7-10,12-13,19H,4,6,11,14-16H2,1H3,(H,28,31)/t19-/m0/s1.